The highest BCUT2D eigenvalue weighted by molar-refractivity contribution is 5.79. The van der Waals surface area contributed by atoms with Crippen LogP contribution in [0.15, 0.2) is 0 Å². The molecule has 0 rings (SSSR count). The van der Waals surface area contributed by atoms with Crippen molar-refractivity contribution in [3.05, 3.63) is 0 Å². The fraction of sp³-hybridized carbons (Fsp3) is 0.750. The minimum atomic E-state index is -4.65. The topological polar surface area (TPSA) is 84.9 Å². The Bertz CT molecular complexity index is 268. The number of methoxy groups -OCH3 is 1. The summed E-state index contributed by atoms with van der Waals surface area (Å²) < 4.78 is 43.4. The van der Waals surface area contributed by atoms with Gasteiger partial charge in [0.25, 0.3) is 0 Å². The predicted octanol–water partition coefficient (Wildman–Crippen LogP) is 0.765. The van der Waals surface area contributed by atoms with E-state index in [4.69, 9.17) is 5.11 Å². The van der Waals surface area contributed by atoms with Crippen LogP contribution in [0.2, 0.25) is 0 Å². The highest BCUT2D eigenvalue weighted by atomic mass is 19.4. The fourth-order valence-corrected chi connectivity index (χ4v) is 0.824. The van der Waals surface area contributed by atoms with Crippen molar-refractivity contribution in [1.82, 2.24) is 5.32 Å². The Hall–Kier alpha value is -1.51. The molecule has 9 heteroatoms. The van der Waals surface area contributed by atoms with Crippen LogP contribution in [-0.4, -0.2) is 49.7 Å². The molecule has 0 aliphatic rings. The molecular weight excluding hydrogens is 247 g/mol. The van der Waals surface area contributed by atoms with Crippen LogP contribution in [0, 0.1) is 0 Å². The molecule has 1 unspecified atom stereocenters. The molecule has 0 radical (unpaired) electrons. The van der Waals surface area contributed by atoms with E-state index in [9.17, 15) is 22.8 Å². The third-order valence-electron chi connectivity index (χ3n) is 1.57. The monoisotopic (exact) mass is 259 g/mol. The molecule has 0 bridgehead atoms. The van der Waals surface area contributed by atoms with E-state index >= 15 is 0 Å². The van der Waals surface area contributed by atoms with Gasteiger partial charge in [-0.25, -0.2) is 9.59 Å². The van der Waals surface area contributed by atoms with Gasteiger partial charge in [0, 0.05) is 20.1 Å². The van der Waals surface area contributed by atoms with E-state index in [1.54, 1.807) is 5.32 Å². The van der Waals surface area contributed by atoms with Gasteiger partial charge in [-0.1, -0.05) is 0 Å². The van der Waals surface area contributed by atoms with Gasteiger partial charge in [-0.3, -0.25) is 0 Å². The molecule has 17 heavy (non-hydrogen) atoms. The van der Waals surface area contributed by atoms with Crippen LogP contribution in [0.4, 0.5) is 18.0 Å². The molecule has 1 atom stereocenters. The Balaban J connectivity index is 4.08. The maximum atomic E-state index is 11.7. The Morgan fingerprint density at radius 3 is 2.41 bits per heavy atom. The molecule has 0 aliphatic carbocycles. The van der Waals surface area contributed by atoms with E-state index in [2.05, 4.69) is 9.47 Å². The lowest BCUT2D eigenvalue weighted by atomic mass is 10.2. The number of nitrogens with one attached hydrogen (secondary N) is 1. The van der Waals surface area contributed by atoms with Crippen LogP contribution in [-0.2, 0) is 14.3 Å². The van der Waals surface area contributed by atoms with Crippen LogP contribution in [0.5, 0.6) is 0 Å². The van der Waals surface area contributed by atoms with Gasteiger partial charge < -0.3 is 19.9 Å². The first-order valence-corrected chi connectivity index (χ1v) is 4.48. The van der Waals surface area contributed by atoms with E-state index in [0.717, 1.165) is 0 Å². The quantitative estimate of drug-likeness (QED) is 0.735. The van der Waals surface area contributed by atoms with E-state index in [-0.39, 0.29) is 13.0 Å². The largest absolute Gasteiger partial charge is 0.480 e. The van der Waals surface area contributed by atoms with Crippen molar-refractivity contribution in [2.24, 2.45) is 0 Å². The van der Waals surface area contributed by atoms with Crippen molar-refractivity contribution < 1.29 is 37.3 Å². The summed E-state index contributed by atoms with van der Waals surface area (Å²) in [6.45, 7) is -1.73. The SMILES string of the molecule is COCCC(NC(=O)OCC(F)(F)F)C(=O)O. The first-order valence-electron chi connectivity index (χ1n) is 4.48. The highest BCUT2D eigenvalue weighted by Crippen LogP contribution is 2.14. The molecule has 0 aromatic rings. The zero-order valence-electron chi connectivity index (χ0n) is 8.91. The number of alkyl carbamates (subject to hydrolysis) is 1. The molecule has 0 fully saturated rings. The van der Waals surface area contributed by atoms with E-state index in [0.29, 0.717) is 0 Å². The molecular formula is C8H12F3NO5. The molecule has 1 amide bonds. The van der Waals surface area contributed by atoms with Gasteiger partial charge in [-0.15, -0.1) is 0 Å². The molecule has 0 saturated heterocycles. The average molecular weight is 259 g/mol. The number of hydrogen-bond donors (Lipinski definition) is 2. The van der Waals surface area contributed by atoms with Gasteiger partial charge in [0.05, 0.1) is 0 Å². The number of alkyl halides is 3. The smallest absolute Gasteiger partial charge is 0.422 e. The number of hydrogen-bond acceptors (Lipinski definition) is 4. The van der Waals surface area contributed by atoms with Crippen molar-refractivity contribution in [2.45, 2.75) is 18.6 Å². The molecule has 2 N–H and O–H groups in total. The summed E-state index contributed by atoms with van der Waals surface area (Å²) in [6, 6.07) is -1.35. The molecule has 0 heterocycles. The number of carbonyl (C=O) groups excluding carboxylic acids is 1. The van der Waals surface area contributed by atoms with Gasteiger partial charge in [0.15, 0.2) is 6.61 Å². The standard InChI is InChI=1S/C8H12F3NO5/c1-16-3-2-5(6(13)14)12-7(15)17-4-8(9,10)11/h5H,2-4H2,1H3,(H,12,15)(H,13,14). The molecule has 0 aromatic carbocycles. The first-order chi connectivity index (χ1) is 7.76. The van der Waals surface area contributed by atoms with Gasteiger partial charge >= 0.3 is 18.2 Å². The minimum Gasteiger partial charge on any atom is -0.480 e. The van der Waals surface area contributed by atoms with E-state index in [1.807, 2.05) is 0 Å². The van der Waals surface area contributed by atoms with Crippen LogP contribution in [0.1, 0.15) is 6.42 Å². The van der Waals surface area contributed by atoms with Crippen LogP contribution < -0.4 is 5.32 Å². The zero-order valence-corrected chi connectivity index (χ0v) is 8.91. The number of amides is 1. The molecule has 0 aliphatic heterocycles. The van der Waals surface area contributed by atoms with Crippen molar-refractivity contribution in [2.75, 3.05) is 20.3 Å². The number of halogens is 3. The van der Waals surface area contributed by atoms with Crippen LogP contribution in [0.3, 0.4) is 0 Å². The number of aliphatic carboxylic acids is 1. The number of carboxylic acid groups (broad SMARTS) is 1. The Kier molecular flexibility index (Phi) is 6.33. The second-order valence-electron chi connectivity index (χ2n) is 3.01. The molecule has 0 saturated carbocycles. The zero-order chi connectivity index (χ0) is 13.5. The Morgan fingerprint density at radius 1 is 1.41 bits per heavy atom. The van der Waals surface area contributed by atoms with Gasteiger partial charge in [-0.2, -0.15) is 13.2 Å². The summed E-state index contributed by atoms with van der Waals surface area (Å²) in [5.74, 6) is -1.38. The third-order valence-corrected chi connectivity index (χ3v) is 1.57. The number of carbonyl (C=O) groups is 2. The maximum absolute atomic E-state index is 11.7. The lowest BCUT2D eigenvalue weighted by Gasteiger charge is -2.14. The highest BCUT2D eigenvalue weighted by Gasteiger charge is 2.30. The van der Waals surface area contributed by atoms with Gasteiger partial charge in [-0.05, 0) is 0 Å². The third kappa shape index (κ3) is 8.31. The number of carboxylic acids is 1. The van der Waals surface area contributed by atoms with Crippen molar-refractivity contribution in [1.29, 1.82) is 0 Å². The predicted molar refractivity (Wildman–Crippen MR) is 48.5 cm³/mol. The van der Waals surface area contributed by atoms with Crippen LogP contribution >= 0.6 is 0 Å². The molecule has 100 valence electrons. The summed E-state index contributed by atoms with van der Waals surface area (Å²) in [5.41, 5.74) is 0. The second kappa shape index (κ2) is 6.94. The summed E-state index contributed by atoms with van der Waals surface area (Å²) in [7, 11) is 1.32. The van der Waals surface area contributed by atoms with Gasteiger partial charge in [0.1, 0.15) is 6.04 Å². The Labute approximate surface area is 94.7 Å². The van der Waals surface area contributed by atoms with Crippen molar-refractivity contribution in [3.8, 4) is 0 Å². The Morgan fingerprint density at radius 2 is 2.00 bits per heavy atom. The summed E-state index contributed by atoms with van der Waals surface area (Å²) in [5, 5.41) is 10.4. The van der Waals surface area contributed by atoms with E-state index < -0.39 is 30.9 Å². The number of ether oxygens (including phenoxy) is 2. The molecule has 0 aromatic heterocycles. The van der Waals surface area contributed by atoms with E-state index in [1.165, 1.54) is 7.11 Å². The van der Waals surface area contributed by atoms with Crippen molar-refractivity contribution in [3.63, 3.8) is 0 Å². The lowest BCUT2D eigenvalue weighted by molar-refractivity contribution is -0.160. The normalized spacial score (nSPS) is 12.9. The maximum Gasteiger partial charge on any atom is 0.422 e. The second-order valence-corrected chi connectivity index (χ2v) is 3.01. The molecule has 0 spiro atoms. The lowest BCUT2D eigenvalue weighted by Crippen LogP contribution is -2.42. The average Bonchev–Trinajstić information content (AvgIpc) is 2.19. The minimum absolute atomic E-state index is 0.0382. The van der Waals surface area contributed by atoms with Crippen molar-refractivity contribution >= 4 is 12.1 Å². The van der Waals surface area contributed by atoms with Gasteiger partial charge in [0.2, 0.25) is 0 Å². The number of rotatable bonds is 6. The summed E-state index contributed by atoms with van der Waals surface area (Å²) in [6.07, 6.45) is -6.17. The summed E-state index contributed by atoms with van der Waals surface area (Å²) >= 11 is 0. The summed E-state index contributed by atoms with van der Waals surface area (Å²) in [4.78, 5) is 21.4. The first kappa shape index (κ1) is 15.5. The fourth-order valence-electron chi connectivity index (χ4n) is 0.824. The van der Waals surface area contributed by atoms with Crippen LogP contribution in [0.25, 0.3) is 0 Å². The molecule has 6 nitrogen and oxygen atoms in total.